The van der Waals surface area contributed by atoms with Gasteiger partial charge in [0, 0.05) is 30.3 Å². The molecule has 0 fully saturated rings. The van der Waals surface area contributed by atoms with Crippen LogP contribution >= 0.6 is 0 Å². The molecule has 0 saturated carbocycles. The maximum atomic E-state index is 12.2. The molecule has 1 unspecified atom stereocenters. The van der Waals surface area contributed by atoms with Crippen molar-refractivity contribution in [3.8, 4) is 5.75 Å². The van der Waals surface area contributed by atoms with Gasteiger partial charge in [-0.2, -0.15) is 0 Å². The number of ether oxygens (including phenoxy) is 1. The molecule has 0 radical (unpaired) electrons. The minimum atomic E-state index is -0.390. The van der Waals surface area contributed by atoms with E-state index < -0.39 is 5.41 Å². The Kier molecular flexibility index (Phi) is 5.96. The fourth-order valence-electron chi connectivity index (χ4n) is 2.47. The zero-order valence-electron chi connectivity index (χ0n) is 14.9. The van der Waals surface area contributed by atoms with Crippen LogP contribution in [0.25, 0.3) is 0 Å². The maximum Gasteiger partial charge on any atom is 0.225 e. The molecule has 1 N–H and O–H groups in total. The van der Waals surface area contributed by atoms with Crippen molar-refractivity contribution in [2.75, 3.05) is 13.7 Å². The van der Waals surface area contributed by atoms with E-state index in [1.54, 1.807) is 13.3 Å². The molecular weight excluding hydrogens is 300 g/mol. The number of nitrogens with one attached hydrogen (secondary N) is 1. The molecule has 1 aromatic carbocycles. The van der Waals surface area contributed by atoms with Crippen LogP contribution in [-0.2, 0) is 11.2 Å². The van der Waals surface area contributed by atoms with Crippen LogP contribution in [0.4, 0.5) is 0 Å². The summed E-state index contributed by atoms with van der Waals surface area (Å²) in [5, 5.41) is 3.08. The lowest BCUT2D eigenvalue weighted by molar-refractivity contribution is -0.128. The molecular formula is C20H26N2O2. The van der Waals surface area contributed by atoms with Gasteiger partial charge in [0.05, 0.1) is 7.11 Å². The number of benzene rings is 1. The molecule has 1 atom stereocenters. The SMILES string of the molecule is COc1ccc(C(CNC(=O)C(C)(C)C)Cc2cccnc2)cc1. The van der Waals surface area contributed by atoms with Crippen molar-refractivity contribution in [1.29, 1.82) is 0 Å². The maximum absolute atomic E-state index is 12.2. The summed E-state index contributed by atoms with van der Waals surface area (Å²) in [6.45, 7) is 6.36. The van der Waals surface area contributed by atoms with E-state index >= 15 is 0 Å². The van der Waals surface area contributed by atoms with Crippen molar-refractivity contribution in [3.05, 3.63) is 59.9 Å². The van der Waals surface area contributed by atoms with Gasteiger partial charge in [-0.05, 0) is 35.7 Å². The molecule has 1 aromatic heterocycles. The summed E-state index contributed by atoms with van der Waals surface area (Å²) in [4.78, 5) is 16.4. The first kappa shape index (κ1) is 18.0. The second-order valence-corrected chi connectivity index (χ2v) is 7.00. The molecule has 1 amide bonds. The van der Waals surface area contributed by atoms with Crippen molar-refractivity contribution in [2.45, 2.75) is 33.1 Å². The van der Waals surface area contributed by atoms with Crippen LogP contribution in [0.5, 0.6) is 5.75 Å². The number of carbonyl (C=O) groups excluding carboxylic acids is 1. The topological polar surface area (TPSA) is 51.2 Å². The standard InChI is InChI=1S/C20H26N2O2/c1-20(2,3)19(23)22-14-17(12-15-6-5-11-21-13-15)16-7-9-18(24-4)10-8-16/h5-11,13,17H,12,14H2,1-4H3,(H,22,23). The summed E-state index contributed by atoms with van der Waals surface area (Å²) in [7, 11) is 1.66. The molecule has 0 aliphatic heterocycles. The van der Waals surface area contributed by atoms with Crippen LogP contribution in [0.15, 0.2) is 48.8 Å². The average molecular weight is 326 g/mol. The van der Waals surface area contributed by atoms with Gasteiger partial charge in [0.2, 0.25) is 5.91 Å². The van der Waals surface area contributed by atoms with E-state index in [1.165, 1.54) is 5.56 Å². The summed E-state index contributed by atoms with van der Waals surface area (Å²) in [6, 6.07) is 12.0. The molecule has 4 nitrogen and oxygen atoms in total. The Morgan fingerprint density at radius 1 is 1.21 bits per heavy atom. The first-order chi connectivity index (χ1) is 11.4. The van der Waals surface area contributed by atoms with E-state index in [2.05, 4.69) is 28.5 Å². The van der Waals surface area contributed by atoms with Crippen molar-refractivity contribution < 1.29 is 9.53 Å². The van der Waals surface area contributed by atoms with Crippen LogP contribution in [0.2, 0.25) is 0 Å². The third-order valence-electron chi connectivity index (χ3n) is 3.98. The fraction of sp³-hybridized carbons (Fsp3) is 0.400. The van der Waals surface area contributed by atoms with Crippen LogP contribution in [0.3, 0.4) is 0 Å². The third-order valence-corrected chi connectivity index (χ3v) is 3.98. The van der Waals surface area contributed by atoms with Crippen LogP contribution in [0.1, 0.15) is 37.8 Å². The predicted molar refractivity (Wildman–Crippen MR) is 96.1 cm³/mol. The Bertz CT molecular complexity index is 646. The number of hydrogen-bond acceptors (Lipinski definition) is 3. The van der Waals surface area contributed by atoms with Crippen molar-refractivity contribution in [2.24, 2.45) is 5.41 Å². The van der Waals surface area contributed by atoms with Gasteiger partial charge in [-0.3, -0.25) is 9.78 Å². The predicted octanol–water partition coefficient (Wildman–Crippen LogP) is 3.58. The molecule has 128 valence electrons. The molecule has 0 aliphatic rings. The molecule has 0 bridgehead atoms. The molecule has 0 spiro atoms. The quantitative estimate of drug-likeness (QED) is 0.883. The zero-order chi connectivity index (χ0) is 17.6. The first-order valence-corrected chi connectivity index (χ1v) is 8.21. The van der Waals surface area contributed by atoms with Crippen molar-refractivity contribution >= 4 is 5.91 Å². The van der Waals surface area contributed by atoms with Gasteiger partial charge in [-0.1, -0.05) is 39.0 Å². The lowest BCUT2D eigenvalue weighted by Gasteiger charge is -2.22. The number of methoxy groups -OCH3 is 1. The van der Waals surface area contributed by atoms with Gasteiger partial charge < -0.3 is 10.1 Å². The van der Waals surface area contributed by atoms with Gasteiger partial charge in [0.1, 0.15) is 5.75 Å². The van der Waals surface area contributed by atoms with Gasteiger partial charge in [0.15, 0.2) is 0 Å². The Labute approximate surface area is 144 Å². The summed E-state index contributed by atoms with van der Waals surface area (Å²) in [6.07, 6.45) is 4.47. The van der Waals surface area contributed by atoms with E-state index in [-0.39, 0.29) is 11.8 Å². The van der Waals surface area contributed by atoms with Crippen LogP contribution in [0, 0.1) is 5.41 Å². The van der Waals surface area contributed by atoms with Gasteiger partial charge in [-0.15, -0.1) is 0 Å². The minimum absolute atomic E-state index is 0.0622. The number of pyridine rings is 1. The highest BCUT2D eigenvalue weighted by atomic mass is 16.5. The third kappa shape index (κ3) is 5.08. The monoisotopic (exact) mass is 326 g/mol. The summed E-state index contributed by atoms with van der Waals surface area (Å²) in [5.74, 6) is 1.08. The number of carbonyl (C=O) groups is 1. The van der Waals surface area contributed by atoms with Gasteiger partial charge in [0.25, 0.3) is 0 Å². The summed E-state index contributed by atoms with van der Waals surface area (Å²) in [5.41, 5.74) is 1.94. The molecule has 2 aromatic rings. The van der Waals surface area contributed by atoms with E-state index in [0.29, 0.717) is 6.54 Å². The molecule has 1 heterocycles. The Morgan fingerprint density at radius 3 is 2.46 bits per heavy atom. The molecule has 2 rings (SSSR count). The average Bonchev–Trinajstić information content (AvgIpc) is 2.58. The minimum Gasteiger partial charge on any atom is -0.497 e. The summed E-state index contributed by atoms with van der Waals surface area (Å²) >= 11 is 0. The largest absolute Gasteiger partial charge is 0.497 e. The molecule has 4 heteroatoms. The number of aromatic nitrogens is 1. The Morgan fingerprint density at radius 2 is 1.92 bits per heavy atom. The normalized spacial score (nSPS) is 12.5. The summed E-state index contributed by atoms with van der Waals surface area (Å²) < 4.78 is 5.23. The zero-order valence-corrected chi connectivity index (χ0v) is 14.9. The second-order valence-electron chi connectivity index (χ2n) is 7.00. The Hall–Kier alpha value is -2.36. The van der Waals surface area contributed by atoms with E-state index in [4.69, 9.17) is 4.74 Å². The second kappa shape index (κ2) is 7.95. The van der Waals surface area contributed by atoms with E-state index in [1.807, 2.05) is 45.2 Å². The smallest absolute Gasteiger partial charge is 0.225 e. The lowest BCUT2D eigenvalue weighted by Crippen LogP contribution is -2.37. The Balaban J connectivity index is 2.15. The van der Waals surface area contributed by atoms with E-state index in [9.17, 15) is 4.79 Å². The lowest BCUT2D eigenvalue weighted by atomic mass is 9.91. The molecule has 24 heavy (non-hydrogen) atoms. The van der Waals surface area contributed by atoms with Crippen LogP contribution in [-0.4, -0.2) is 24.5 Å². The van der Waals surface area contributed by atoms with Gasteiger partial charge in [-0.25, -0.2) is 0 Å². The van der Waals surface area contributed by atoms with Gasteiger partial charge >= 0.3 is 0 Å². The highest BCUT2D eigenvalue weighted by Crippen LogP contribution is 2.23. The highest BCUT2D eigenvalue weighted by molar-refractivity contribution is 5.81. The number of hydrogen-bond donors (Lipinski definition) is 1. The number of amides is 1. The molecule has 0 saturated heterocycles. The highest BCUT2D eigenvalue weighted by Gasteiger charge is 2.22. The van der Waals surface area contributed by atoms with Crippen molar-refractivity contribution in [1.82, 2.24) is 10.3 Å². The number of rotatable bonds is 6. The van der Waals surface area contributed by atoms with E-state index in [0.717, 1.165) is 17.7 Å². The van der Waals surface area contributed by atoms with Crippen LogP contribution < -0.4 is 10.1 Å². The fourth-order valence-corrected chi connectivity index (χ4v) is 2.47. The molecule has 0 aliphatic carbocycles. The van der Waals surface area contributed by atoms with Crippen molar-refractivity contribution in [3.63, 3.8) is 0 Å². The number of nitrogens with zero attached hydrogens (tertiary/aromatic N) is 1. The first-order valence-electron chi connectivity index (χ1n) is 8.21.